The van der Waals surface area contributed by atoms with Gasteiger partial charge in [-0.05, 0) is 48.9 Å². The molecule has 6 heteroatoms. The number of nitrogen functional groups attached to an aromatic ring is 1. The molecule has 0 spiro atoms. The summed E-state index contributed by atoms with van der Waals surface area (Å²) in [5, 5.41) is 3.20. The largest absolute Gasteiger partial charge is 0.399 e. The van der Waals surface area contributed by atoms with Crippen LogP contribution >= 0.6 is 24.8 Å². The van der Waals surface area contributed by atoms with Gasteiger partial charge in [-0.1, -0.05) is 42.5 Å². The van der Waals surface area contributed by atoms with Gasteiger partial charge in [-0.15, -0.1) is 24.8 Å². The van der Waals surface area contributed by atoms with E-state index in [2.05, 4.69) is 41.4 Å². The Bertz CT molecular complexity index is 746. The highest BCUT2D eigenvalue weighted by Gasteiger charge is 2.21. The molecule has 2 aromatic rings. The zero-order valence-electron chi connectivity index (χ0n) is 16.4. The fourth-order valence-corrected chi connectivity index (χ4v) is 3.57. The third kappa shape index (κ3) is 7.01. The van der Waals surface area contributed by atoms with Crippen LogP contribution in [0.25, 0.3) is 0 Å². The van der Waals surface area contributed by atoms with E-state index in [1.807, 2.05) is 24.3 Å². The number of nitrogens with zero attached hydrogens (tertiary/aromatic N) is 1. The normalized spacial score (nSPS) is 14.6. The second-order valence-electron chi connectivity index (χ2n) is 7.24. The molecule has 1 aliphatic heterocycles. The summed E-state index contributed by atoms with van der Waals surface area (Å²) in [6.07, 6.45) is 3.23. The van der Waals surface area contributed by atoms with E-state index in [0.29, 0.717) is 18.9 Å². The molecule has 3 rings (SSSR count). The van der Waals surface area contributed by atoms with E-state index in [1.54, 1.807) is 0 Å². The van der Waals surface area contributed by atoms with Crippen LogP contribution in [-0.4, -0.2) is 29.9 Å². The average Bonchev–Trinajstić information content (AvgIpc) is 2.64. The summed E-state index contributed by atoms with van der Waals surface area (Å²) in [5.74, 6) is 0.130. The Hall–Kier alpha value is -1.75. The van der Waals surface area contributed by atoms with Gasteiger partial charge in [0.25, 0.3) is 0 Å². The van der Waals surface area contributed by atoms with Gasteiger partial charge in [-0.25, -0.2) is 0 Å². The highest BCUT2D eigenvalue weighted by atomic mass is 35.5. The molecule has 1 fully saturated rings. The van der Waals surface area contributed by atoms with E-state index in [-0.39, 0.29) is 30.7 Å². The lowest BCUT2D eigenvalue weighted by Gasteiger charge is -2.32. The SMILES string of the molecule is Cc1ccccc1CN1CCC(NC(=O)CCc2ccccc2N)CC1.Cl.Cl. The fourth-order valence-electron chi connectivity index (χ4n) is 3.57. The minimum Gasteiger partial charge on any atom is -0.399 e. The van der Waals surface area contributed by atoms with Crippen LogP contribution in [0.5, 0.6) is 0 Å². The van der Waals surface area contributed by atoms with E-state index in [4.69, 9.17) is 5.73 Å². The Morgan fingerprint density at radius 1 is 1.04 bits per heavy atom. The maximum atomic E-state index is 12.2. The molecule has 1 amide bonds. The Balaban J connectivity index is 0.00000196. The van der Waals surface area contributed by atoms with Crippen molar-refractivity contribution in [2.75, 3.05) is 18.8 Å². The van der Waals surface area contributed by atoms with Crippen LogP contribution in [0.1, 0.15) is 36.0 Å². The third-order valence-electron chi connectivity index (χ3n) is 5.28. The van der Waals surface area contributed by atoms with Crippen LogP contribution < -0.4 is 11.1 Å². The van der Waals surface area contributed by atoms with Crippen molar-refractivity contribution in [1.82, 2.24) is 10.2 Å². The number of para-hydroxylation sites is 1. The Kier molecular flexibility index (Phi) is 10.4. The first kappa shape index (κ1) is 24.3. The molecule has 2 aromatic carbocycles. The lowest BCUT2D eigenvalue weighted by Crippen LogP contribution is -2.44. The van der Waals surface area contributed by atoms with E-state index >= 15 is 0 Å². The number of amides is 1. The fraction of sp³-hybridized carbons (Fsp3) is 0.409. The Morgan fingerprint density at radius 3 is 2.29 bits per heavy atom. The summed E-state index contributed by atoms with van der Waals surface area (Å²) in [4.78, 5) is 14.7. The third-order valence-corrected chi connectivity index (χ3v) is 5.28. The number of rotatable bonds is 6. The Labute approximate surface area is 180 Å². The van der Waals surface area contributed by atoms with Crippen molar-refractivity contribution < 1.29 is 4.79 Å². The van der Waals surface area contributed by atoms with Gasteiger partial charge in [0.15, 0.2) is 0 Å². The Morgan fingerprint density at radius 2 is 1.64 bits per heavy atom. The number of anilines is 1. The maximum absolute atomic E-state index is 12.2. The number of piperidine rings is 1. The number of carbonyl (C=O) groups excluding carboxylic acids is 1. The predicted octanol–water partition coefficient (Wildman–Crippen LogP) is 4.13. The number of nitrogens with two attached hydrogens (primary N) is 1. The molecular formula is C22H31Cl2N3O. The number of hydrogen-bond acceptors (Lipinski definition) is 3. The summed E-state index contributed by atoms with van der Waals surface area (Å²) in [5.41, 5.74) is 10.5. The van der Waals surface area contributed by atoms with Crippen molar-refractivity contribution in [2.45, 2.75) is 45.2 Å². The van der Waals surface area contributed by atoms with Crippen LogP contribution in [0.2, 0.25) is 0 Å². The summed E-state index contributed by atoms with van der Waals surface area (Å²) in [6.45, 7) is 5.23. The molecule has 0 radical (unpaired) electrons. The molecule has 1 aliphatic rings. The molecule has 0 unspecified atom stereocenters. The first-order valence-electron chi connectivity index (χ1n) is 9.51. The molecule has 0 bridgehead atoms. The van der Waals surface area contributed by atoms with E-state index in [1.165, 1.54) is 11.1 Å². The van der Waals surface area contributed by atoms with Crippen molar-refractivity contribution in [3.8, 4) is 0 Å². The highest BCUT2D eigenvalue weighted by Crippen LogP contribution is 2.17. The van der Waals surface area contributed by atoms with Crippen molar-refractivity contribution in [3.05, 3.63) is 65.2 Å². The number of hydrogen-bond donors (Lipinski definition) is 2. The zero-order chi connectivity index (χ0) is 18.4. The van der Waals surface area contributed by atoms with Crippen LogP contribution in [0.3, 0.4) is 0 Å². The molecule has 154 valence electrons. The molecule has 0 atom stereocenters. The summed E-state index contributed by atoms with van der Waals surface area (Å²) in [7, 11) is 0. The van der Waals surface area contributed by atoms with Gasteiger partial charge in [0.05, 0.1) is 0 Å². The molecule has 0 aromatic heterocycles. The lowest BCUT2D eigenvalue weighted by atomic mass is 10.0. The molecule has 0 saturated carbocycles. The predicted molar refractivity (Wildman–Crippen MR) is 121 cm³/mol. The molecule has 3 N–H and O–H groups in total. The van der Waals surface area contributed by atoms with Crippen molar-refractivity contribution in [2.24, 2.45) is 0 Å². The minimum atomic E-state index is 0. The maximum Gasteiger partial charge on any atom is 0.220 e. The number of nitrogens with one attached hydrogen (secondary N) is 1. The van der Waals surface area contributed by atoms with E-state index in [0.717, 1.165) is 43.7 Å². The van der Waals surface area contributed by atoms with Crippen molar-refractivity contribution >= 4 is 36.4 Å². The van der Waals surface area contributed by atoms with Gasteiger partial charge in [-0.2, -0.15) is 0 Å². The second-order valence-corrected chi connectivity index (χ2v) is 7.24. The number of aryl methyl sites for hydroxylation is 2. The summed E-state index contributed by atoms with van der Waals surface area (Å²) < 4.78 is 0. The molecule has 1 heterocycles. The smallest absolute Gasteiger partial charge is 0.220 e. The van der Waals surface area contributed by atoms with Gasteiger partial charge < -0.3 is 11.1 Å². The van der Waals surface area contributed by atoms with Gasteiger partial charge >= 0.3 is 0 Å². The molecule has 1 saturated heterocycles. The van der Waals surface area contributed by atoms with Crippen molar-refractivity contribution in [1.29, 1.82) is 0 Å². The monoisotopic (exact) mass is 423 g/mol. The topological polar surface area (TPSA) is 58.4 Å². The first-order chi connectivity index (χ1) is 12.6. The summed E-state index contributed by atoms with van der Waals surface area (Å²) >= 11 is 0. The zero-order valence-corrected chi connectivity index (χ0v) is 18.0. The van der Waals surface area contributed by atoms with Crippen LogP contribution in [0.15, 0.2) is 48.5 Å². The van der Waals surface area contributed by atoms with E-state index < -0.39 is 0 Å². The van der Waals surface area contributed by atoms with Crippen LogP contribution in [-0.2, 0) is 17.8 Å². The molecule has 28 heavy (non-hydrogen) atoms. The highest BCUT2D eigenvalue weighted by molar-refractivity contribution is 5.85. The van der Waals surface area contributed by atoms with Gasteiger partial charge in [0.2, 0.25) is 5.91 Å². The first-order valence-corrected chi connectivity index (χ1v) is 9.51. The standard InChI is InChI=1S/C22H29N3O.2ClH/c1-17-6-2-3-8-19(17)16-25-14-12-20(13-15-25)24-22(26)11-10-18-7-4-5-9-21(18)23;;/h2-9,20H,10-16,23H2,1H3,(H,24,26);2*1H. The second kappa shape index (κ2) is 11.9. The average molecular weight is 424 g/mol. The number of halogens is 2. The quantitative estimate of drug-likeness (QED) is 0.686. The number of benzene rings is 2. The lowest BCUT2D eigenvalue weighted by molar-refractivity contribution is -0.122. The van der Waals surface area contributed by atoms with Crippen molar-refractivity contribution in [3.63, 3.8) is 0 Å². The van der Waals surface area contributed by atoms with Gasteiger partial charge in [0, 0.05) is 37.8 Å². The van der Waals surface area contributed by atoms with Crippen LogP contribution in [0, 0.1) is 6.92 Å². The number of likely N-dealkylation sites (tertiary alicyclic amines) is 1. The van der Waals surface area contributed by atoms with Gasteiger partial charge in [-0.3, -0.25) is 9.69 Å². The van der Waals surface area contributed by atoms with Crippen LogP contribution in [0.4, 0.5) is 5.69 Å². The molecular weight excluding hydrogens is 393 g/mol. The molecule has 4 nitrogen and oxygen atoms in total. The molecule has 0 aliphatic carbocycles. The number of carbonyl (C=O) groups is 1. The minimum absolute atomic E-state index is 0. The summed E-state index contributed by atoms with van der Waals surface area (Å²) in [6, 6.07) is 16.6. The van der Waals surface area contributed by atoms with Gasteiger partial charge in [0.1, 0.15) is 0 Å². The van der Waals surface area contributed by atoms with E-state index in [9.17, 15) is 4.79 Å².